The van der Waals surface area contributed by atoms with Gasteiger partial charge in [0.25, 0.3) is 5.91 Å². The van der Waals surface area contributed by atoms with Crippen molar-refractivity contribution in [1.82, 2.24) is 0 Å². The van der Waals surface area contributed by atoms with Gasteiger partial charge in [-0.2, -0.15) is 0 Å². The van der Waals surface area contributed by atoms with Crippen molar-refractivity contribution in [3.63, 3.8) is 0 Å². The van der Waals surface area contributed by atoms with Gasteiger partial charge in [0.2, 0.25) is 6.23 Å². The number of alkyl halides is 1. The number of halogens is 2. The lowest BCUT2D eigenvalue weighted by Crippen LogP contribution is -2.24. The van der Waals surface area contributed by atoms with Crippen molar-refractivity contribution in [2.24, 2.45) is 4.99 Å². The van der Waals surface area contributed by atoms with Crippen molar-refractivity contribution < 1.29 is 9.90 Å². The minimum atomic E-state index is -1.48. The van der Waals surface area contributed by atoms with Crippen LogP contribution in [0.1, 0.15) is 16.7 Å². The third kappa shape index (κ3) is 2.73. The van der Waals surface area contributed by atoms with Crippen LogP contribution in [0.3, 0.4) is 0 Å². The van der Waals surface area contributed by atoms with Crippen molar-refractivity contribution >= 4 is 40.5 Å². The number of amides is 1. The first-order valence-electron chi connectivity index (χ1n) is 6.61. The van der Waals surface area contributed by atoms with Gasteiger partial charge in [0, 0.05) is 22.0 Å². The highest BCUT2D eigenvalue weighted by Gasteiger charge is 2.25. The van der Waals surface area contributed by atoms with Crippen molar-refractivity contribution in [2.45, 2.75) is 12.1 Å². The van der Waals surface area contributed by atoms with E-state index >= 15 is 0 Å². The number of rotatable bonds is 2. The van der Waals surface area contributed by atoms with E-state index in [0.717, 1.165) is 11.1 Å². The summed E-state index contributed by atoms with van der Waals surface area (Å²) in [6.45, 7) is 0. The molecular formula is C16H12Cl2N2O2. The fraction of sp³-hybridized carbons (Fsp3) is 0.125. The van der Waals surface area contributed by atoms with Crippen LogP contribution < -0.4 is 5.32 Å². The monoisotopic (exact) mass is 334 g/mol. The second-order valence-electron chi connectivity index (χ2n) is 4.82. The molecule has 2 aromatic rings. The largest absolute Gasteiger partial charge is 0.364 e. The Hall–Kier alpha value is -1.88. The van der Waals surface area contributed by atoms with Gasteiger partial charge < -0.3 is 10.4 Å². The zero-order valence-corrected chi connectivity index (χ0v) is 12.9. The molecule has 0 aromatic heterocycles. The number of aliphatic imine (C=N–C) groups is 1. The standard InChI is InChI=1S/C16H12Cl2N2O2/c17-8-9-3-1-2-4-11(9)14-12-7-10(18)5-6-13(12)19-15(21)16(22)20-14/h1-7,16,22H,8H2,(H,19,21). The highest BCUT2D eigenvalue weighted by atomic mass is 35.5. The van der Waals surface area contributed by atoms with Crippen molar-refractivity contribution in [3.8, 4) is 0 Å². The van der Waals surface area contributed by atoms with E-state index in [1.54, 1.807) is 18.2 Å². The third-order valence-electron chi connectivity index (χ3n) is 3.40. The Morgan fingerprint density at radius 2 is 1.95 bits per heavy atom. The molecule has 22 heavy (non-hydrogen) atoms. The number of carbonyl (C=O) groups is 1. The molecule has 0 saturated carbocycles. The van der Waals surface area contributed by atoms with Crippen molar-refractivity contribution in [2.75, 3.05) is 5.32 Å². The van der Waals surface area contributed by atoms with E-state index in [4.69, 9.17) is 23.2 Å². The number of aliphatic hydroxyl groups is 1. The number of hydrogen-bond donors (Lipinski definition) is 2. The van der Waals surface area contributed by atoms with Gasteiger partial charge in [-0.3, -0.25) is 4.79 Å². The highest BCUT2D eigenvalue weighted by Crippen LogP contribution is 2.28. The Morgan fingerprint density at radius 1 is 1.18 bits per heavy atom. The van der Waals surface area contributed by atoms with Crippen molar-refractivity contribution in [1.29, 1.82) is 0 Å². The summed E-state index contributed by atoms with van der Waals surface area (Å²) in [5.74, 6) is -0.287. The van der Waals surface area contributed by atoms with Crippen LogP contribution in [-0.2, 0) is 10.7 Å². The number of benzene rings is 2. The molecule has 0 radical (unpaired) electrons. The molecule has 0 saturated heterocycles. The predicted octanol–water partition coefficient (Wildman–Crippen LogP) is 3.19. The first kappa shape index (κ1) is 15.0. The molecule has 0 aliphatic carbocycles. The van der Waals surface area contributed by atoms with Gasteiger partial charge in [-0.25, -0.2) is 4.99 Å². The van der Waals surface area contributed by atoms with Crippen LogP contribution in [0.4, 0.5) is 5.69 Å². The van der Waals surface area contributed by atoms with Crippen LogP contribution >= 0.6 is 23.2 Å². The summed E-state index contributed by atoms with van der Waals surface area (Å²) < 4.78 is 0. The molecule has 1 heterocycles. The lowest BCUT2D eigenvalue weighted by molar-refractivity contribution is -0.123. The summed E-state index contributed by atoms with van der Waals surface area (Å²) in [4.78, 5) is 16.0. The summed E-state index contributed by atoms with van der Waals surface area (Å²) in [5.41, 5.74) is 3.30. The quantitative estimate of drug-likeness (QED) is 0.828. The lowest BCUT2D eigenvalue weighted by atomic mass is 9.97. The molecule has 1 aliphatic rings. The zero-order chi connectivity index (χ0) is 15.7. The third-order valence-corrected chi connectivity index (χ3v) is 3.92. The Balaban J connectivity index is 2.26. The molecule has 1 unspecified atom stereocenters. The normalized spacial score (nSPS) is 17.3. The number of nitrogens with one attached hydrogen (secondary N) is 1. The molecule has 1 aliphatic heterocycles. The summed E-state index contributed by atoms with van der Waals surface area (Å²) in [7, 11) is 0. The molecule has 1 amide bonds. The number of nitrogens with zero attached hydrogens (tertiary/aromatic N) is 1. The van der Waals surface area contributed by atoms with E-state index in [2.05, 4.69) is 10.3 Å². The Kier molecular flexibility index (Phi) is 4.16. The maximum absolute atomic E-state index is 11.9. The van der Waals surface area contributed by atoms with Crippen LogP contribution in [0.15, 0.2) is 47.5 Å². The first-order chi connectivity index (χ1) is 10.6. The van der Waals surface area contributed by atoms with Crippen LogP contribution in [-0.4, -0.2) is 23.0 Å². The number of carbonyl (C=O) groups excluding carboxylic acids is 1. The van der Waals surface area contributed by atoms with Crippen LogP contribution in [0.25, 0.3) is 0 Å². The SMILES string of the molecule is O=C1Nc2ccc(Cl)cc2C(c2ccccc2CCl)=NC1O. The Morgan fingerprint density at radius 3 is 2.73 bits per heavy atom. The van der Waals surface area contributed by atoms with Crippen LogP contribution in [0.5, 0.6) is 0 Å². The Bertz CT molecular complexity index is 774. The molecular weight excluding hydrogens is 323 g/mol. The maximum Gasteiger partial charge on any atom is 0.276 e. The molecule has 0 fully saturated rings. The number of anilines is 1. The predicted molar refractivity (Wildman–Crippen MR) is 87.7 cm³/mol. The zero-order valence-electron chi connectivity index (χ0n) is 11.4. The van der Waals surface area contributed by atoms with Crippen LogP contribution in [0, 0.1) is 0 Å². The maximum atomic E-state index is 11.9. The van der Waals surface area contributed by atoms with Gasteiger partial charge in [0.1, 0.15) is 0 Å². The lowest BCUT2D eigenvalue weighted by Gasteiger charge is -2.13. The number of benzodiazepines with no additional fused rings is 1. The average molecular weight is 335 g/mol. The molecule has 4 nitrogen and oxygen atoms in total. The van der Waals surface area contributed by atoms with Crippen molar-refractivity contribution in [3.05, 3.63) is 64.2 Å². The van der Waals surface area contributed by atoms with Gasteiger partial charge in [0.15, 0.2) is 0 Å². The second kappa shape index (κ2) is 6.08. The van der Waals surface area contributed by atoms with Gasteiger partial charge in [-0.1, -0.05) is 35.9 Å². The van der Waals surface area contributed by atoms with Gasteiger partial charge in [-0.05, 0) is 23.8 Å². The summed E-state index contributed by atoms with van der Waals surface area (Å²) >= 11 is 12.1. The minimum Gasteiger partial charge on any atom is -0.364 e. The molecule has 1 atom stereocenters. The molecule has 3 rings (SSSR count). The minimum absolute atomic E-state index is 0.294. The first-order valence-corrected chi connectivity index (χ1v) is 7.52. The smallest absolute Gasteiger partial charge is 0.276 e. The topological polar surface area (TPSA) is 61.7 Å². The summed E-state index contributed by atoms with van der Waals surface area (Å²) in [6, 6.07) is 12.5. The number of hydrogen-bond acceptors (Lipinski definition) is 3. The summed E-state index contributed by atoms with van der Waals surface area (Å²) in [6.07, 6.45) is -1.48. The van der Waals surface area contributed by atoms with E-state index < -0.39 is 12.1 Å². The van der Waals surface area contributed by atoms with E-state index in [1.807, 2.05) is 24.3 Å². The number of aliphatic hydroxyl groups excluding tert-OH is 1. The van der Waals surface area contributed by atoms with E-state index in [-0.39, 0.29) is 0 Å². The molecule has 0 bridgehead atoms. The summed E-state index contributed by atoms with van der Waals surface area (Å²) in [5, 5.41) is 13.1. The van der Waals surface area contributed by atoms with Crippen LogP contribution in [0.2, 0.25) is 5.02 Å². The second-order valence-corrected chi connectivity index (χ2v) is 5.53. The molecule has 6 heteroatoms. The van der Waals surface area contributed by atoms with E-state index in [0.29, 0.717) is 27.9 Å². The highest BCUT2D eigenvalue weighted by molar-refractivity contribution is 6.32. The molecule has 0 spiro atoms. The molecule has 112 valence electrons. The fourth-order valence-electron chi connectivity index (χ4n) is 2.35. The average Bonchev–Trinajstić information content (AvgIpc) is 2.65. The van der Waals surface area contributed by atoms with Gasteiger partial charge >= 0.3 is 0 Å². The molecule has 2 N–H and O–H groups in total. The number of fused-ring (bicyclic) bond motifs is 1. The Labute approximate surface area is 137 Å². The van der Waals surface area contributed by atoms with Gasteiger partial charge in [-0.15, -0.1) is 11.6 Å². The van der Waals surface area contributed by atoms with E-state index in [9.17, 15) is 9.90 Å². The fourth-order valence-corrected chi connectivity index (χ4v) is 2.76. The molecule has 2 aromatic carbocycles. The van der Waals surface area contributed by atoms with Gasteiger partial charge in [0.05, 0.1) is 11.4 Å². The van der Waals surface area contributed by atoms with E-state index in [1.165, 1.54) is 0 Å².